The number of methoxy groups -OCH3 is 1. The van der Waals surface area contributed by atoms with Crippen LogP contribution in [0.15, 0.2) is 18.2 Å². The summed E-state index contributed by atoms with van der Waals surface area (Å²) in [4.78, 5) is 12.2. The number of carbonyl (C=O) groups excluding carboxylic acids is 1. The normalized spacial score (nSPS) is 21.6. The topological polar surface area (TPSA) is 73.6 Å². The molecule has 1 saturated carbocycles. The van der Waals surface area contributed by atoms with Crippen LogP contribution in [0.5, 0.6) is 11.5 Å². The average molecular weight is 278 g/mol. The Kier molecular flexibility index (Phi) is 4.84. The minimum absolute atomic E-state index is 0.0115. The second-order valence-corrected chi connectivity index (χ2v) is 4.99. The van der Waals surface area contributed by atoms with E-state index in [2.05, 4.69) is 5.32 Å². The third kappa shape index (κ3) is 3.22. The van der Waals surface area contributed by atoms with Gasteiger partial charge < -0.3 is 20.5 Å². The smallest absolute Gasteiger partial charge is 0.229 e. The molecule has 5 heteroatoms. The zero-order valence-electron chi connectivity index (χ0n) is 12.0. The minimum Gasteiger partial charge on any atom is -0.493 e. The highest BCUT2D eigenvalue weighted by Crippen LogP contribution is 2.31. The molecular weight excluding hydrogens is 256 g/mol. The molecule has 1 aromatic carbocycles. The molecule has 5 nitrogen and oxygen atoms in total. The summed E-state index contributed by atoms with van der Waals surface area (Å²) < 4.78 is 10.7. The Balaban J connectivity index is 2.09. The number of rotatable bonds is 5. The number of ether oxygens (including phenoxy) is 2. The van der Waals surface area contributed by atoms with Crippen molar-refractivity contribution in [2.45, 2.75) is 32.2 Å². The summed E-state index contributed by atoms with van der Waals surface area (Å²) >= 11 is 0. The van der Waals surface area contributed by atoms with Gasteiger partial charge in [-0.1, -0.05) is 6.42 Å². The van der Waals surface area contributed by atoms with Crippen molar-refractivity contribution < 1.29 is 14.3 Å². The van der Waals surface area contributed by atoms with Crippen molar-refractivity contribution in [3.8, 4) is 11.5 Å². The standard InChI is InChI=1S/C15H22N2O3/c1-3-20-14-9-10(7-8-13(14)19-2)17-15(18)11-5-4-6-12(11)16/h7-9,11-12H,3-6,16H2,1-2H3,(H,17,18). The summed E-state index contributed by atoms with van der Waals surface area (Å²) in [5.74, 6) is 1.18. The van der Waals surface area contributed by atoms with Crippen molar-refractivity contribution in [1.29, 1.82) is 0 Å². The summed E-state index contributed by atoms with van der Waals surface area (Å²) in [6.07, 6.45) is 2.80. The molecule has 1 aromatic rings. The molecule has 20 heavy (non-hydrogen) atoms. The lowest BCUT2D eigenvalue weighted by atomic mass is 10.0. The Morgan fingerprint density at radius 3 is 2.80 bits per heavy atom. The number of anilines is 1. The molecule has 0 bridgehead atoms. The van der Waals surface area contributed by atoms with Gasteiger partial charge in [0.1, 0.15) is 0 Å². The third-order valence-electron chi connectivity index (χ3n) is 3.64. The molecule has 0 aromatic heterocycles. The predicted molar refractivity (Wildman–Crippen MR) is 78.1 cm³/mol. The minimum atomic E-state index is -0.0901. The molecule has 110 valence electrons. The third-order valence-corrected chi connectivity index (χ3v) is 3.64. The van der Waals surface area contributed by atoms with Gasteiger partial charge in [-0.15, -0.1) is 0 Å². The fraction of sp³-hybridized carbons (Fsp3) is 0.533. The maximum atomic E-state index is 12.2. The van der Waals surface area contributed by atoms with Crippen LogP contribution in [0.25, 0.3) is 0 Å². The van der Waals surface area contributed by atoms with Gasteiger partial charge in [0.15, 0.2) is 11.5 Å². The van der Waals surface area contributed by atoms with E-state index in [1.807, 2.05) is 6.92 Å². The quantitative estimate of drug-likeness (QED) is 0.865. The molecule has 2 rings (SSSR count). The van der Waals surface area contributed by atoms with Gasteiger partial charge in [0.05, 0.1) is 19.6 Å². The van der Waals surface area contributed by atoms with E-state index in [0.717, 1.165) is 19.3 Å². The molecule has 1 fully saturated rings. The van der Waals surface area contributed by atoms with E-state index < -0.39 is 0 Å². The molecule has 1 aliphatic carbocycles. The van der Waals surface area contributed by atoms with Crippen LogP contribution in [0.2, 0.25) is 0 Å². The first-order valence-electron chi connectivity index (χ1n) is 7.03. The summed E-state index contributed by atoms with van der Waals surface area (Å²) in [5, 5.41) is 2.91. The SMILES string of the molecule is CCOc1cc(NC(=O)C2CCCC2N)ccc1OC. The molecule has 0 spiro atoms. The molecule has 1 amide bonds. The Bertz CT molecular complexity index is 476. The zero-order chi connectivity index (χ0) is 14.5. The first-order valence-corrected chi connectivity index (χ1v) is 7.03. The highest BCUT2D eigenvalue weighted by Gasteiger charge is 2.30. The summed E-state index contributed by atoms with van der Waals surface area (Å²) in [5.41, 5.74) is 6.66. The van der Waals surface area contributed by atoms with Crippen molar-refractivity contribution in [2.24, 2.45) is 11.7 Å². The molecule has 0 heterocycles. The van der Waals surface area contributed by atoms with E-state index in [0.29, 0.717) is 23.8 Å². The number of nitrogens with one attached hydrogen (secondary N) is 1. The van der Waals surface area contributed by atoms with Crippen molar-refractivity contribution >= 4 is 11.6 Å². The van der Waals surface area contributed by atoms with E-state index in [1.54, 1.807) is 25.3 Å². The van der Waals surface area contributed by atoms with Gasteiger partial charge in [0.25, 0.3) is 0 Å². The predicted octanol–water partition coefficient (Wildman–Crippen LogP) is 2.16. The first kappa shape index (κ1) is 14.7. The molecule has 1 aliphatic rings. The van der Waals surface area contributed by atoms with Crippen LogP contribution >= 0.6 is 0 Å². The highest BCUT2D eigenvalue weighted by molar-refractivity contribution is 5.93. The Morgan fingerprint density at radius 2 is 2.20 bits per heavy atom. The van der Waals surface area contributed by atoms with Gasteiger partial charge >= 0.3 is 0 Å². The number of hydrogen-bond donors (Lipinski definition) is 2. The van der Waals surface area contributed by atoms with Gasteiger partial charge in [-0.05, 0) is 31.9 Å². The monoisotopic (exact) mass is 278 g/mol. The van der Waals surface area contributed by atoms with Gasteiger partial charge in [0.2, 0.25) is 5.91 Å². The van der Waals surface area contributed by atoms with Crippen LogP contribution in [0, 0.1) is 5.92 Å². The summed E-state index contributed by atoms with van der Waals surface area (Å²) in [6.45, 7) is 2.45. The molecule has 0 aliphatic heterocycles. The van der Waals surface area contributed by atoms with Crippen LogP contribution in [0.4, 0.5) is 5.69 Å². The molecule has 0 saturated heterocycles. The van der Waals surface area contributed by atoms with Crippen molar-refractivity contribution in [2.75, 3.05) is 19.0 Å². The maximum Gasteiger partial charge on any atom is 0.229 e. The Hall–Kier alpha value is -1.75. The van der Waals surface area contributed by atoms with Crippen LogP contribution < -0.4 is 20.5 Å². The van der Waals surface area contributed by atoms with E-state index in [-0.39, 0.29) is 17.9 Å². The zero-order valence-corrected chi connectivity index (χ0v) is 12.0. The van der Waals surface area contributed by atoms with Crippen molar-refractivity contribution in [3.63, 3.8) is 0 Å². The van der Waals surface area contributed by atoms with Gasteiger partial charge in [-0.2, -0.15) is 0 Å². The van der Waals surface area contributed by atoms with Crippen molar-refractivity contribution in [1.82, 2.24) is 0 Å². The molecule has 0 radical (unpaired) electrons. The molecule has 2 unspecified atom stereocenters. The Labute approximate surface area is 119 Å². The second kappa shape index (κ2) is 6.61. The van der Waals surface area contributed by atoms with Crippen molar-refractivity contribution in [3.05, 3.63) is 18.2 Å². The number of benzene rings is 1. The fourth-order valence-corrected chi connectivity index (χ4v) is 2.57. The number of carbonyl (C=O) groups is 1. The summed E-state index contributed by atoms with van der Waals surface area (Å²) in [7, 11) is 1.59. The van der Waals surface area contributed by atoms with Gasteiger partial charge in [-0.25, -0.2) is 0 Å². The lowest BCUT2D eigenvalue weighted by molar-refractivity contribution is -0.120. The second-order valence-electron chi connectivity index (χ2n) is 4.99. The van der Waals surface area contributed by atoms with Crippen LogP contribution in [0.1, 0.15) is 26.2 Å². The number of hydrogen-bond acceptors (Lipinski definition) is 4. The van der Waals surface area contributed by atoms with E-state index >= 15 is 0 Å². The average Bonchev–Trinajstić information content (AvgIpc) is 2.86. The van der Waals surface area contributed by atoms with Crippen LogP contribution in [-0.2, 0) is 4.79 Å². The van der Waals surface area contributed by atoms with E-state index in [4.69, 9.17) is 15.2 Å². The maximum absolute atomic E-state index is 12.2. The lowest BCUT2D eigenvalue weighted by Crippen LogP contribution is -2.34. The molecule has 3 N–H and O–H groups in total. The fourth-order valence-electron chi connectivity index (χ4n) is 2.57. The molecule has 2 atom stereocenters. The lowest BCUT2D eigenvalue weighted by Gasteiger charge is -2.16. The first-order chi connectivity index (χ1) is 9.65. The van der Waals surface area contributed by atoms with Crippen LogP contribution in [0.3, 0.4) is 0 Å². The highest BCUT2D eigenvalue weighted by atomic mass is 16.5. The van der Waals surface area contributed by atoms with E-state index in [1.165, 1.54) is 0 Å². The van der Waals surface area contributed by atoms with Gasteiger partial charge in [-0.3, -0.25) is 4.79 Å². The van der Waals surface area contributed by atoms with E-state index in [9.17, 15) is 4.79 Å². The number of amides is 1. The molecular formula is C15H22N2O3. The number of nitrogens with two attached hydrogens (primary N) is 1. The van der Waals surface area contributed by atoms with Crippen LogP contribution in [-0.4, -0.2) is 25.7 Å². The summed E-state index contributed by atoms with van der Waals surface area (Å²) in [6, 6.07) is 5.34. The van der Waals surface area contributed by atoms with Gasteiger partial charge in [0, 0.05) is 17.8 Å². The largest absolute Gasteiger partial charge is 0.493 e. The Morgan fingerprint density at radius 1 is 1.40 bits per heavy atom.